The maximum Gasteiger partial charge on any atom is 0.405 e. The number of nitrogens with two attached hydrogens (primary N) is 1. The van der Waals surface area contributed by atoms with Crippen LogP contribution in [0, 0.1) is 11.6 Å². The van der Waals surface area contributed by atoms with Crippen LogP contribution in [0.2, 0.25) is 0 Å². The maximum absolute atomic E-state index is 13.4. The zero-order chi connectivity index (χ0) is 26.6. The lowest BCUT2D eigenvalue weighted by Gasteiger charge is -2.15. The second-order valence-electron chi connectivity index (χ2n) is 7.61. The molecule has 0 aliphatic rings. The number of aliphatic hydroxyl groups excluding tert-OH is 1. The molecule has 2 aromatic carbocycles. The molecule has 0 spiro atoms. The highest BCUT2D eigenvalue weighted by molar-refractivity contribution is 5.97. The Morgan fingerprint density at radius 2 is 1.78 bits per heavy atom. The van der Waals surface area contributed by atoms with Crippen LogP contribution in [0.4, 0.5) is 33.5 Å². The molecule has 13 heteroatoms. The predicted octanol–water partition coefficient (Wildman–Crippen LogP) is 3.53. The molecule has 3 aromatic rings. The highest BCUT2D eigenvalue weighted by atomic mass is 19.4. The number of hydrogen-bond donors (Lipinski definition) is 4. The summed E-state index contributed by atoms with van der Waals surface area (Å²) in [6.07, 6.45) is -4.83. The van der Waals surface area contributed by atoms with E-state index < -0.39 is 48.0 Å². The molecular weight excluding hydrogens is 489 g/mol. The van der Waals surface area contributed by atoms with Gasteiger partial charge in [0.15, 0.2) is 17.6 Å². The Balaban J connectivity index is 1.83. The van der Waals surface area contributed by atoms with Gasteiger partial charge in [-0.1, -0.05) is 13.0 Å². The first-order valence-corrected chi connectivity index (χ1v) is 10.4. The standard InChI is InChI=1S/C23H20F5N5O3/c1-2-11-7-15(32-22(36)19(34)12-5-13(24)8-14(25)6-12)3-4-16(11)17-9-30-20(29)18(33-17)21(35)31-10-23(26,27)28/h3-9,19,34H,2,10H2,1H3,(H2,29,30)(H,31,35)(H,32,36)/t19-/m0/s1. The van der Waals surface area contributed by atoms with Gasteiger partial charge in [0, 0.05) is 17.3 Å². The van der Waals surface area contributed by atoms with Gasteiger partial charge in [0.25, 0.3) is 11.8 Å². The molecule has 1 heterocycles. The first-order chi connectivity index (χ1) is 16.9. The van der Waals surface area contributed by atoms with E-state index in [9.17, 15) is 36.6 Å². The predicted molar refractivity (Wildman–Crippen MR) is 120 cm³/mol. The highest BCUT2D eigenvalue weighted by Gasteiger charge is 2.29. The van der Waals surface area contributed by atoms with Crippen molar-refractivity contribution < 1.29 is 36.6 Å². The van der Waals surface area contributed by atoms with Crippen LogP contribution in [0.25, 0.3) is 11.3 Å². The Morgan fingerprint density at radius 1 is 1.11 bits per heavy atom. The zero-order valence-corrected chi connectivity index (χ0v) is 18.7. The number of nitrogens with zero attached hydrogens (tertiary/aromatic N) is 2. The number of nitrogens with one attached hydrogen (secondary N) is 2. The zero-order valence-electron chi connectivity index (χ0n) is 18.7. The molecule has 0 radical (unpaired) electrons. The minimum Gasteiger partial charge on any atom is -0.382 e. The number of anilines is 2. The van der Waals surface area contributed by atoms with Crippen LogP contribution in [0.5, 0.6) is 0 Å². The molecule has 0 unspecified atom stereocenters. The topological polar surface area (TPSA) is 130 Å². The number of aromatic nitrogens is 2. The van der Waals surface area contributed by atoms with Crippen LogP contribution in [-0.4, -0.2) is 39.6 Å². The minimum absolute atomic E-state index is 0.145. The van der Waals surface area contributed by atoms with Gasteiger partial charge in [0.05, 0.1) is 11.9 Å². The summed E-state index contributed by atoms with van der Waals surface area (Å²) >= 11 is 0. The van der Waals surface area contributed by atoms with E-state index in [0.717, 1.165) is 12.1 Å². The SMILES string of the molecule is CCc1cc(NC(=O)[C@@H](O)c2cc(F)cc(F)c2)ccc1-c1cnc(N)c(C(=O)NCC(F)(F)F)n1. The van der Waals surface area contributed by atoms with Crippen molar-refractivity contribution in [3.05, 3.63) is 71.1 Å². The molecule has 0 fully saturated rings. The number of aryl methyl sites for hydroxylation is 1. The van der Waals surface area contributed by atoms with E-state index in [-0.39, 0.29) is 22.8 Å². The average Bonchev–Trinajstić information content (AvgIpc) is 2.81. The number of amides is 2. The van der Waals surface area contributed by atoms with Gasteiger partial charge in [-0.05, 0) is 41.8 Å². The lowest BCUT2D eigenvalue weighted by molar-refractivity contribution is -0.124. The summed E-state index contributed by atoms with van der Waals surface area (Å²) in [5.41, 5.74) is 6.30. The first kappa shape index (κ1) is 26.5. The Kier molecular flexibility index (Phi) is 7.83. The van der Waals surface area contributed by atoms with E-state index in [0.29, 0.717) is 23.6 Å². The molecule has 0 saturated carbocycles. The molecule has 2 amide bonds. The quantitative estimate of drug-likeness (QED) is 0.361. The summed E-state index contributed by atoms with van der Waals surface area (Å²) in [4.78, 5) is 32.5. The number of carbonyl (C=O) groups is 2. The van der Waals surface area contributed by atoms with Crippen LogP contribution in [0.1, 0.15) is 34.6 Å². The molecule has 1 aromatic heterocycles. The molecule has 0 saturated heterocycles. The average molecular weight is 509 g/mol. The Bertz CT molecular complexity index is 1280. The largest absolute Gasteiger partial charge is 0.405 e. The summed E-state index contributed by atoms with van der Waals surface area (Å²) in [6, 6.07) is 6.75. The molecule has 3 rings (SSSR count). The lowest BCUT2D eigenvalue weighted by atomic mass is 10.0. The van der Waals surface area contributed by atoms with Crippen molar-refractivity contribution in [2.24, 2.45) is 0 Å². The van der Waals surface area contributed by atoms with Crippen molar-refractivity contribution in [1.82, 2.24) is 15.3 Å². The molecule has 8 nitrogen and oxygen atoms in total. The fourth-order valence-corrected chi connectivity index (χ4v) is 3.27. The van der Waals surface area contributed by atoms with Crippen molar-refractivity contribution in [3.63, 3.8) is 0 Å². The normalized spacial score (nSPS) is 12.2. The monoisotopic (exact) mass is 509 g/mol. The summed E-state index contributed by atoms with van der Waals surface area (Å²) in [5.74, 6) is -4.35. The van der Waals surface area contributed by atoms with E-state index in [1.807, 2.05) is 0 Å². The third-order valence-corrected chi connectivity index (χ3v) is 4.94. The van der Waals surface area contributed by atoms with Crippen molar-refractivity contribution in [2.45, 2.75) is 25.6 Å². The van der Waals surface area contributed by atoms with Gasteiger partial charge in [-0.2, -0.15) is 13.2 Å². The number of hydrogen-bond acceptors (Lipinski definition) is 6. The first-order valence-electron chi connectivity index (χ1n) is 10.4. The number of nitrogen functional groups attached to an aromatic ring is 1. The molecule has 36 heavy (non-hydrogen) atoms. The van der Waals surface area contributed by atoms with Crippen molar-refractivity contribution >= 4 is 23.3 Å². The highest BCUT2D eigenvalue weighted by Crippen LogP contribution is 2.27. The van der Waals surface area contributed by atoms with Gasteiger partial charge in [0.1, 0.15) is 18.2 Å². The number of rotatable bonds is 7. The van der Waals surface area contributed by atoms with Gasteiger partial charge in [-0.15, -0.1) is 0 Å². The third-order valence-electron chi connectivity index (χ3n) is 4.94. The Hall–Kier alpha value is -4.13. The molecule has 0 bridgehead atoms. The molecule has 1 atom stereocenters. The smallest absolute Gasteiger partial charge is 0.382 e. The van der Waals surface area contributed by atoms with Gasteiger partial charge < -0.3 is 21.5 Å². The van der Waals surface area contributed by atoms with Crippen LogP contribution < -0.4 is 16.4 Å². The lowest BCUT2D eigenvalue weighted by Crippen LogP contribution is -2.34. The van der Waals surface area contributed by atoms with Crippen LogP contribution >= 0.6 is 0 Å². The van der Waals surface area contributed by atoms with E-state index in [4.69, 9.17) is 5.73 Å². The number of benzene rings is 2. The molecule has 0 aliphatic carbocycles. The van der Waals surface area contributed by atoms with Crippen LogP contribution in [0.15, 0.2) is 42.6 Å². The number of aliphatic hydroxyl groups is 1. The van der Waals surface area contributed by atoms with Crippen molar-refractivity contribution in [1.29, 1.82) is 0 Å². The van der Waals surface area contributed by atoms with E-state index >= 15 is 0 Å². The molecule has 190 valence electrons. The number of carbonyl (C=O) groups excluding carboxylic acids is 2. The van der Waals surface area contributed by atoms with Gasteiger partial charge in [0.2, 0.25) is 0 Å². The Morgan fingerprint density at radius 3 is 2.39 bits per heavy atom. The second kappa shape index (κ2) is 10.6. The summed E-state index contributed by atoms with van der Waals surface area (Å²) in [7, 11) is 0. The van der Waals surface area contributed by atoms with Crippen molar-refractivity contribution in [3.8, 4) is 11.3 Å². The molecule has 0 aliphatic heterocycles. The molecule has 5 N–H and O–H groups in total. The summed E-state index contributed by atoms with van der Waals surface area (Å²) in [5, 5.41) is 14.3. The van der Waals surface area contributed by atoms with Gasteiger partial charge >= 0.3 is 6.18 Å². The third kappa shape index (κ3) is 6.50. The number of halogens is 5. The number of alkyl halides is 3. The summed E-state index contributed by atoms with van der Waals surface area (Å²) in [6.45, 7) is 0.205. The van der Waals surface area contributed by atoms with Gasteiger partial charge in [-0.3, -0.25) is 9.59 Å². The molecular formula is C23H20F5N5O3. The van der Waals surface area contributed by atoms with Gasteiger partial charge in [-0.25, -0.2) is 18.7 Å². The fourth-order valence-electron chi connectivity index (χ4n) is 3.27. The van der Waals surface area contributed by atoms with E-state index in [1.54, 1.807) is 12.2 Å². The summed E-state index contributed by atoms with van der Waals surface area (Å²) < 4.78 is 64.1. The second-order valence-corrected chi connectivity index (χ2v) is 7.61. The Labute approximate surface area is 201 Å². The van der Waals surface area contributed by atoms with E-state index in [1.165, 1.54) is 24.4 Å². The van der Waals surface area contributed by atoms with Crippen LogP contribution in [-0.2, 0) is 11.2 Å². The van der Waals surface area contributed by atoms with Crippen molar-refractivity contribution in [2.75, 3.05) is 17.6 Å². The maximum atomic E-state index is 13.4. The van der Waals surface area contributed by atoms with E-state index in [2.05, 4.69) is 15.3 Å². The minimum atomic E-state index is -4.62. The fraction of sp³-hybridized carbons (Fsp3) is 0.217. The van der Waals surface area contributed by atoms with Crippen LogP contribution in [0.3, 0.4) is 0 Å².